The summed E-state index contributed by atoms with van der Waals surface area (Å²) in [7, 11) is 2.77. The molecule has 0 bridgehead atoms. The van der Waals surface area contributed by atoms with Gasteiger partial charge in [0.05, 0.1) is 6.04 Å². The number of nitrogens with zero attached hydrogens (tertiary/aromatic N) is 2. The van der Waals surface area contributed by atoms with Gasteiger partial charge in [-0.05, 0) is 23.0 Å². The maximum absolute atomic E-state index is 13.7. The van der Waals surface area contributed by atoms with Gasteiger partial charge in [0.25, 0.3) is 5.91 Å². The minimum Gasteiger partial charge on any atom is -0.478 e. The van der Waals surface area contributed by atoms with Crippen molar-refractivity contribution in [3.05, 3.63) is 71.8 Å². The molecular formula is C36H50N4O9. The van der Waals surface area contributed by atoms with Crippen LogP contribution in [0.15, 0.2) is 60.7 Å². The molecule has 3 amide bonds. The van der Waals surface area contributed by atoms with Crippen LogP contribution in [0.25, 0.3) is 0 Å². The Kier molecular flexibility index (Phi) is 16.4. The zero-order valence-corrected chi connectivity index (χ0v) is 29.2. The number of benzene rings is 2. The summed E-state index contributed by atoms with van der Waals surface area (Å²) in [5, 5.41) is 12.3. The van der Waals surface area contributed by atoms with Crippen LogP contribution in [-0.4, -0.2) is 102 Å². The molecule has 0 unspecified atom stereocenters. The van der Waals surface area contributed by atoms with E-state index in [1.165, 1.54) is 14.1 Å². The fraction of sp³-hybridized carbons (Fsp3) is 0.500. The van der Waals surface area contributed by atoms with Crippen molar-refractivity contribution >= 4 is 35.6 Å². The second-order valence-electron chi connectivity index (χ2n) is 12.3. The SMILES string of the molecule is CC[C@H](C)[C@H](N)C(=O)N(C)CC(=O)O[C@H](Cc1ccccc1)C(=O)N[C@H](C(=O)N(C)CC(=O)O[C@H](Cc1ccccc1)C(=O)O)[C@@H](C)CC. The van der Waals surface area contributed by atoms with E-state index in [9.17, 15) is 33.9 Å². The monoisotopic (exact) mass is 682 g/mol. The van der Waals surface area contributed by atoms with E-state index in [4.69, 9.17) is 15.2 Å². The van der Waals surface area contributed by atoms with Gasteiger partial charge in [0.15, 0.2) is 6.10 Å². The summed E-state index contributed by atoms with van der Waals surface area (Å²) >= 11 is 0. The molecule has 0 saturated carbocycles. The first-order valence-corrected chi connectivity index (χ1v) is 16.4. The maximum Gasteiger partial charge on any atom is 0.345 e. The lowest BCUT2D eigenvalue weighted by atomic mass is 9.97. The van der Waals surface area contributed by atoms with Crippen LogP contribution in [0.4, 0.5) is 0 Å². The smallest absolute Gasteiger partial charge is 0.345 e. The third-order valence-corrected chi connectivity index (χ3v) is 8.45. The molecule has 268 valence electrons. The van der Waals surface area contributed by atoms with Gasteiger partial charge in [-0.1, -0.05) is 101 Å². The third-order valence-electron chi connectivity index (χ3n) is 8.45. The van der Waals surface area contributed by atoms with E-state index < -0.39 is 78.9 Å². The number of hydrogen-bond donors (Lipinski definition) is 3. The molecule has 4 N–H and O–H groups in total. The molecule has 0 saturated heterocycles. The first-order chi connectivity index (χ1) is 23.2. The molecular weight excluding hydrogens is 632 g/mol. The van der Waals surface area contributed by atoms with Crippen LogP contribution >= 0.6 is 0 Å². The Morgan fingerprint density at radius 1 is 0.714 bits per heavy atom. The number of aliphatic carboxylic acids is 1. The molecule has 0 aliphatic rings. The second-order valence-corrected chi connectivity index (χ2v) is 12.3. The van der Waals surface area contributed by atoms with Crippen molar-refractivity contribution in [3.63, 3.8) is 0 Å². The van der Waals surface area contributed by atoms with Crippen LogP contribution in [0.1, 0.15) is 51.7 Å². The van der Waals surface area contributed by atoms with Crippen LogP contribution in [0.3, 0.4) is 0 Å². The van der Waals surface area contributed by atoms with E-state index in [0.717, 1.165) is 9.80 Å². The van der Waals surface area contributed by atoms with Gasteiger partial charge in [-0.25, -0.2) is 4.79 Å². The van der Waals surface area contributed by atoms with Crippen molar-refractivity contribution in [1.82, 2.24) is 15.1 Å². The number of carboxylic acid groups (broad SMARTS) is 1. The largest absolute Gasteiger partial charge is 0.478 e. The number of esters is 2. The molecule has 0 heterocycles. The lowest BCUT2D eigenvalue weighted by Gasteiger charge is -2.30. The predicted molar refractivity (Wildman–Crippen MR) is 182 cm³/mol. The number of ether oxygens (including phenoxy) is 2. The van der Waals surface area contributed by atoms with Crippen LogP contribution in [-0.2, 0) is 51.1 Å². The van der Waals surface area contributed by atoms with E-state index in [0.29, 0.717) is 24.0 Å². The summed E-state index contributed by atoms with van der Waals surface area (Å²) in [6.07, 6.45) is -1.73. The van der Waals surface area contributed by atoms with Gasteiger partial charge in [-0.2, -0.15) is 0 Å². The van der Waals surface area contributed by atoms with Crippen LogP contribution in [0, 0.1) is 11.8 Å². The van der Waals surface area contributed by atoms with E-state index in [-0.39, 0.29) is 18.8 Å². The van der Waals surface area contributed by atoms with Crippen molar-refractivity contribution in [3.8, 4) is 0 Å². The molecule has 13 heteroatoms. The highest BCUT2D eigenvalue weighted by Gasteiger charge is 2.34. The summed E-state index contributed by atoms with van der Waals surface area (Å²) in [4.78, 5) is 79.8. The van der Waals surface area contributed by atoms with Gasteiger partial charge in [0.1, 0.15) is 19.1 Å². The Labute approximate surface area is 288 Å². The molecule has 0 radical (unpaired) electrons. The number of carbonyl (C=O) groups is 6. The topological polar surface area (TPSA) is 186 Å². The van der Waals surface area contributed by atoms with Crippen molar-refractivity contribution in [2.24, 2.45) is 17.6 Å². The Bertz CT molecular complexity index is 1410. The first kappa shape index (κ1) is 40.4. The Morgan fingerprint density at radius 2 is 1.14 bits per heavy atom. The highest BCUT2D eigenvalue weighted by molar-refractivity contribution is 5.92. The number of hydrogen-bond acceptors (Lipinski definition) is 9. The molecule has 0 aliphatic carbocycles. The highest BCUT2D eigenvalue weighted by atomic mass is 16.6. The lowest BCUT2D eigenvalue weighted by Crippen LogP contribution is -2.55. The van der Waals surface area contributed by atoms with Crippen LogP contribution < -0.4 is 11.1 Å². The molecule has 0 aliphatic heterocycles. The molecule has 0 fully saturated rings. The van der Waals surface area contributed by atoms with Crippen LogP contribution in [0.2, 0.25) is 0 Å². The first-order valence-electron chi connectivity index (χ1n) is 16.4. The standard InChI is InChI=1S/C36H50N4O9/c1-7-23(3)31(37)34(44)39(5)21-29(41)48-27(19-25-15-11-9-12-16-25)33(43)38-32(24(4)8-2)35(45)40(6)22-30(42)49-28(36(46)47)20-26-17-13-10-14-18-26/h9-18,23-24,27-28,31-32H,7-8,19-22,37H2,1-6H3,(H,38,43)(H,46,47)/t23-,24-,27+,28+,31-,32-/m0/s1. The van der Waals surface area contributed by atoms with Crippen molar-refractivity contribution in [2.45, 2.75) is 77.7 Å². The van der Waals surface area contributed by atoms with Crippen LogP contribution in [0.5, 0.6) is 0 Å². The fourth-order valence-corrected chi connectivity index (χ4v) is 4.88. The Balaban J connectivity index is 2.18. The number of nitrogens with two attached hydrogens (primary N) is 1. The molecule has 0 aromatic heterocycles. The van der Waals surface area contributed by atoms with Crippen molar-refractivity contribution < 1.29 is 43.3 Å². The molecule has 2 aromatic carbocycles. The lowest BCUT2D eigenvalue weighted by molar-refractivity contribution is -0.165. The second kappa shape index (κ2) is 19.9. The summed E-state index contributed by atoms with van der Waals surface area (Å²) in [6, 6.07) is 15.6. The van der Waals surface area contributed by atoms with E-state index in [1.807, 2.05) is 20.8 Å². The Hall–Kier alpha value is -4.78. The van der Waals surface area contributed by atoms with Gasteiger partial charge in [0, 0.05) is 26.9 Å². The van der Waals surface area contributed by atoms with E-state index in [2.05, 4.69) is 5.32 Å². The zero-order valence-electron chi connectivity index (χ0n) is 29.2. The molecule has 2 rings (SSSR count). The number of carbonyl (C=O) groups excluding carboxylic acids is 5. The van der Waals surface area contributed by atoms with Crippen molar-refractivity contribution in [2.75, 3.05) is 27.2 Å². The normalized spacial score (nSPS) is 14.6. The fourth-order valence-electron chi connectivity index (χ4n) is 4.88. The molecule has 13 nitrogen and oxygen atoms in total. The third kappa shape index (κ3) is 13.0. The van der Waals surface area contributed by atoms with Gasteiger partial charge in [-0.3, -0.25) is 24.0 Å². The number of amides is 3. The number of carboxylic acids is 1. The van der Waals surface area contributed by atoms with Gasteiger partial charge >= 0.3 is 17.9 Å². The predicted octanol–water partition coefficient (Wildman–Crippen LogP) is 2.20. The summed E-state index contributed by atoms with van der Waals surface area (Å²) in [6.45, 7) is 6.30. The number of rotatable bonds is 19. The highest BCUT2D eigenvalue weighted by Crippen LogP contribution is 2.15. The minimum absolute atomic E-state index is 0.00989. The summed E-state index contributed by atoms with van der Waals surface area (Å²) in [5.74, 6) is -5.41. The number of likely N-dealkylation sites (N-methyl/N-ethyl adjacent to an activating group) is 2. The average molecular weight is 683 g/mol. The zero-order chi connectivity index (χ0) is 36.7. The average Bonchev–Trinajstić information content (AvgIpc) is 3.08. The molecule has 2 aromatic rings. The number of nitrogens with one attached hydrogen (secondary N) is 1. The van der Waals surface area contributed by atoms with E-state index in [1.54, 1.807) is 67.6 Å². The van der Waals surface area contributed by atoms with Crippen molar-refractivity contribution in [1.29, 1.82) is 0 Å². The molecule has 6 atom stereocenters. The van der Waals surface area contributed by atoms with E-state index >= 15 is 0 Å². The Morgan fingerprint density at radius 3 is 1.59 bits per heavy atom. The van der Waals surface area contributed by atoms with Gasteiger partial charge in [-0.15, -0.1) is 0 Å². The quantitative estimate of drug-likeness (QED) is 0.186. The summed E-state index contributed by atoms with van der Waals surface area (Å²) < 4.78 is 10.8. The van der Waals surface area contributed by atoms with Gasteiger partial charge in [0.2, 0.25) is 17.9 Å². The summed E-state index contributed by atoms with van der Waals surface area (Å²) in [5.41, 5.74) is 7.39. The minimum atomic E-state index is -1.46. The maximum atomic E-state index is 13.7. The van der Waals surface area contributed by atoms with Gasteiger partial charge < -0.3 is 35.4 Å². The molecule has 0 spiro atoms. The molecule has 49 heavy (non-hydrogen) atoms.